The predicted molar refractivity (Wildman–Crippen MR) is 75.9 cm³/mol. The van der Waals surface area contributed by atoms with E-state index in [4.69, 9.17) is 0 Å². The summed E-state index contributed by atoms with van der Waals surface area (Å²) in [6.07, 6.45) is 2.11. The van der Waals surface area contributed by atoms with Crippen molar-refractivity contribution >= 4 is 9.84 Å². The number of rotatable bonds is 8. The van der Waals surface area contributed by atoms with Gasteiger partial charge in [0.15, 0.2) is 9.84 Å². The lowest BCUT2D eigenvalue weighted by Crippen LogP contribution is -2.26. The number of sulfone groups is 1. The first-order valence-electron chi connectivity index (χ1n) is 6.93. The highest BCUT2D eigenvalue weighted by atomic mass is 32.2. The molecule has 0 radical (unpaired) electrons. The van der Waals surface area contributed by atoms with E-state index in [0.29, 0.717) is 23.3 Å². The third kappa shape index (κ3) is 6.44. The standard InChI is InChI=1S/C14H30O2S/c1-7-11(3)13(5)9-17(15,16)10-14(6)12(4)8-2/h11-14H,7-10H2,1-6H3. The molecule has 0 rings (SSSR count). The minimum Gasteiger partial charge on any atom is -0.229 e. The van der Waals surface area contributed by atoms with Crippen molar-refractivity contribution in [3.8, 4) is 0 Å². The average molecular weight is 262 g/mol. The van der Waals surface area contributed by atoms with Crippen molar-refractivity contribution < 1.29 is 8.42 Å². The maximum atomic E-state index is 12.1. The van der Waals surface area contributed by atoms with E-state index in [0.717, 1.165) is 12.8 Å². The van der Waals surface area contributed by atoms with Gasteiger partial charge in [-0.05, 0) is 23.7 Å². The summed E-state index contributed by atoms with van der Waals surface area (Å²) in [5.41, 5.74) is 0. The van der Waals surface area contributed by atoms with E-state index in [1.807, 2.05) is 0 Å². The molecular formula is C14H30O2S. The molecule has 0 heterocycles. The van der Waals surface area contributed by atoms with E-state index in [2.05, 4.69) is 41.5 Å². The summed E-state index contributed by atoms with van der Waals surface area (Å²) in [4.78, 5) is 0. The summed E-state index contributed by atoms with van der Waals surface area (Å²) in [5.74, 6) is 2.22. The van der Waals surface area contributed by atoms with Crippen LogP contribution in [0.15, 0.2) is 0 Å². The van der Waals surface area contributed by atoms with Gasteiger partial charge in [0, 0.05) is 0 Å². The van der Waals surface area contributed by atoms with E-state index >= 15 is 0 Å². The SMILES string of the molecule is CCC(C)C(C)CS(=O)(=O)CC(C)C(C)CC. The molecule has 4 unspecified atom stereocenters. The Balaban J connectivity index is 4.39. The third-order valence-electron chi connectivity index (χ3n) is 4.26. The lowest BCUT2D eigenvalue weighted by molar-refractivity contribution is 0.392. The first-order valence-corrected chi connectivity index (χ1v) is 8.76. The second-order valence-electron chi connectivity index (χ2n) is 5.80. The fourth-order valence-electron chi connectivity index (χ4n) is 2.00. The molecule has 2 nitrogen and oxygen atoms in total. The van der Waals surface area contributed by atoms with E-state index < -0.39 is 9.84 Å². The van der Waals surface area contributed by atoms with Gasteiger partial charge in [0.25, 0.3) is 0 Å². The van der Waals surface area contributed by atoms with Gasteiger partial charge in [0.05, 0.1) is 11.5 Å². The van der Waals surface area contributed by atoms with Crippen LogP contribution in [0.1, 0.15) is 54.4 Å². The van der Waals surface area contributed by atoms with Crippen molar-refractivity contribution in [1.82, 2.24) is 0 Å². The number of hydrogen-bond acceptors (Lipinski definition) is 2. The minimum absolute atomic E-state index is 0.272. The summed E-state index contributed by atoms with van der Waals surface area (Å²) in [6.45, 7) is 12.6. The van der Waals surface area contributed by atoms with Gasteiger partial charge < -0.3 is 0 Å². The fourth-order valence-corrected chi connectivity index (χ4v) is 4.40. The largest absolute Gasteiger partial charge is 0.229 e. The highest BCUT2D eigenvalue weighted by Crippen LogP contribution is 2.21. The molecule has 0 N–H and O–H groups in total. The first kappa shape index (κ1) is 16.9. The molecular weight excluding hydrogens is 232 g/mol. The lowest BCUT2D eigenvalue weighted by atomic mass is 9.95. The molecule has 0 fully saturated rings. The molecule has 3 heteroatoms. The Morgan fingerprint density at radius 3 is 1.24 bits per heavy atom. The molecule has 104 valence electrons. The Kier molecular flexibility index (Phi) is 7.38. The maximum absolute atomic E-state index is 12.1. The first-order chi connectivity index (χ1) is 7.73. The van der Waals surface area contributed by atoms with E-state index in [9.17, 15) is 8.42 Å². The molecule has 0 aromatic heterocycles. The van der Waals surface area contributed by atoms with Crippen LogP contribution in [-0.2, 0) is 9.84 Å². The van der Waals surface area contributed by atoms with Crippen LogP contribution < -0.4 is 0 Å². The average Bonchev–Trinajstić information content (AvgIpc) is 2.25. The van der Waals surface area contributed by atoms with Gasteiger partial charge in [-0.1, -0.05) is 54.4 Å². The summed E-state index contributed by atoms with van der Waals surface area (Å²) in [7, 11) is -2.89. The molecule has 17 heavy (non-hydrogen) atoms. The van der Waals surface area contributed by atoms with Gasteiger partial charge in [-0.15, -0.1) is 0 Å². The summed E-state index contributed by atoms with van der Waals surface area (Å²) in [6, 6.07) is 0. The van der Waals surface area contributed by atoms with Gasteiger partial charge in [-0.2, -0.15) is 0 Å². The summed E-state index contributed by atoms with van der Waals surface area (Å²) in [5, 5.41) is 0. The molecule has 0 aliphatic carbocycles. The Labute approximate surface area is 108 Å². The van der Waals surface area contributed by atoms with Crippen molar-refractivity contribution in [2.24, 2.45) is 23.7 Å². The van der Waals surface area contributed by atoms with Crippen LogP contribution in [0.5, 0.6) is 0 Å². The quantitative estimate of drug-likeness (QED) is 0.667. The molecule has 4 atom stereocenters. The van der Waals surface area contributed by atoms with Gasteiger partial charge in [-0.3, -0.25) is 0 Å². The van der Waals surface area contributed by atoms with E-state index in [1.54, 1.807) is 0 Å². The van der Waals surface area contributed by atoms with Gasteiger partial charge >= 0.3 is 0 Å². The molecule has 0 aliphatic rings. The molecule has 0 spiro atoms. The van der Waals surface area contributed by atoms with Gasteiger partial charge in [-0.25, -0.2) is 8.42 Å². The van der Waals surface area contributed by atoms with Crippen LogP contribution in [0.2, 0.25) is 0 Å². The van der Waals surface area contributed by atoms with Crippen molar-refractivity contribution in [2.75, 3.05) is 11.5 Å². The summed E-state index contributed by atoms with van der Waals surface area (Å²) >= 11 is 0. The maximum Gasteiger partial charge on any atom is 0.150 e. The Morgan fingerprint density at radius 1 is 0.706 bits per heavy atom. The van der Waals surface area contributed by atoms with Crippen molar-refractivity contribution in [1.29, 1.82) is 0 Å². The molecule has 0 saturated carbocycles. The lowest BCUT2D eigenvalue weighted by Gasteiger charge is -2.22. The zero-order valence-corrected chi connectivity index (χ0v) is 13.2. The monoisotopic (exact) mass is 262 g/mol. The van der Waals surface area contributed by atoms with E-state index in [1.165, 1.54) is 0 Å². The highest BCUT2D eigenvalue weighted by molar-refractivity contribution is 7.91. The summed E-state index contributed by atoms with van der Waals surface area (Å²) < 4.78 is 24.2. The van der Waals surface area contributed by atoms with Crippen LogP contribution in [0, 0.1) is 23.7 Å². The second-order valence-corrected chi connectivity index (χ2v) is 7.96. The van der Waals surface area contributed by atoms with Crippen molar-refractivity contribution in [3.05, 3.63) is 0 Å². The zero-order valence-electron chi connectivity index (χ0n) is 12.4. The smallest absolute Gasteiger partial charge is 0.150 e. The van der Waals surface area contributed by atoms with Gasteiger partial charge in [0.1, 0.15) is 0 Å². The third-order valence-corrected chi connectivity index (χ3v) is 6.33. The Morgan fingerprint density at radius 2 is 1.00 bits per heavy atom. The molecule has 0 aromatic carbocycles. The van der Waals surface area contributed by atoms with Gasteiger partial charge in [0.2, 0.25) is 0 Å². The molecule has 0 aromatic rings. The molecule has 0 amide bonds. The van der Waals surface area contributed by atoms with Crippen LogP contribution >= 0.6 is 0 Å². The minimum atomic E-state index is -2.89. The van der Waals surface area contributed by atoms with Crippen LogP contribution in [0.4, 0.5) is 0 Å². The molecule has 0 saturated heterocycles. The second kappa shape index (κ2) is 7.40. The Hall–Kier alpha value is -0.0500. The molecule has 0 aliphatic heterocycles. The number of hydrogen-bond donors (Lipinski definition) is 0. The zero-order chi connectivity index (χ0) is 13.6. The molecule has 0 bridgehead atoms. The fraction of sp³-hybridized carbons (Fsp3) is 1.00. The van der Waals surface area contributed by atoms with Crippen molar-refractivity contribution in [2.45, 2.75) is 54.4 Å². The van der Waals surface area contributed by atoms with Crippen LogP contribution in [-0.4, -0.2) is 19.9 Å². The predicted octanol–water partition coefficient (Wildman–Crippen LogP) is 3.77. The topological polar surface area (TPSA) is 34.1 Å². The highest BCUT2D eigenvalue weighted by Gasteiger charge is 2.23. The van der Waals surface area contributed by atoms with Crippen LogP contribution in [0.3, 0.4) is 0 Å². The van der Waals surface area contributed by atoms with E-state index in [-0.39, 0.29) is 11.8 Å². The van der Waals surface area contributed by atoms with Crippen LogP contribution in [0.25, 0.3) is 0 Å². The normalized spacial score (nSPS) is 19.6. The Bertz CT molecular complexity index is 271. The van der Waals surface area contributed by atoms with Crippen molar-refractivity contribution in [3.63, 3.8) is 0 Å².